The number of halogens is 3. The average molecular weight is 289 g/mol. The first kappa shape index (κ1) is 15.3. The third-order valence-corrected chi connectivity index (χ3v) is 3.38. The van der Waals surface area contributed by atoms with E-state index in [1.807, 2.05) is 0 Å². The minimum atomic E-state index is -4.30. The van der Waals surface area contributed by atoms with Crippen molar-refractivity contribution >= 4 is 0 Å². The first-order valence-corrected chi connectivity index (χ1v) is 6.65. The van der Waals surface area contributed by atoms with Crippen molar-refractivity contribution in [2.75, 3.05) is 19.7 Å². The molecule has 1 saturated heterocycles. The van der Waals surface area contributed by atoms with Crippen LogP contribution in [0.5, 0.6) is 0 Å². The molecule has 0 aliphatic carbocycles. The van der Waals surface area contributed by atoms with E-state index in [0.717, 1.165) is 30.5 Å². The molecule has 0 saturated carbocycles. The topological polar surface area (TPSA) is 41.5 Å². The van der Waals surface area contributed by atoms with Gasteiger partial charge in [-0.25, -0.2) is 0 Å². The fourth-order valence-corrected chi connectivity index (χ4v) is 2.33. The van der Waals surface area contributed by atoms with Crippen molar-refractivity contribution in [3.05, 3.63) is 35.4 Å². The van der Waals surface area contributed by atoms with Gasteiger partial charge in [-0.15, -0.1) is 0 Å². The van der Waals surface area contributed by atoms with Crippen LogP contribution >= 0.6 is 0 Å². The quantitative estimate of drug-likeness (QED) is 0.818. The Morgan fingerprint density at radius 1 is 1.20 bits per heavy atom. The Bertz CT molecular complexity index is 419. The second-order valence-electron chi connectivity index (χ2n) is 4.87. The number of nitrogens with one attached hydrogen (secondary N) is 1. The Kier molecular flexibility index (Phi) is 5.01. The van der Waals surface area contributed by atoms with E-state index < -0.39 is 11.7 Å². The summed E-state index contributed by atoms with van der Waals surface area (Å²) in [5, 5.41) is 11.7. The highest BCUT2D eigenvalue weighted by Crippen LogP contribution is 2.35. The normalized spacial score (nSPS) is 23.2. The second-order valence-corrected chi connectivity index (χ2v) is 4.87. The molecule has 2 rings (SSSR count). The maximum Gasteiger partial charge on any atom is 0.416 e. The molecule has 0 unspecified atom stereocenters. The van der Waals surface area contributed by atoms with Crippen LogP contribution in [0.4, 0.5) is 13.2 Å². The molecule has 2 atom stereocenters. The summed E-state index contributed by atoms with van der Waals surface area (Å²) < 4.78 is 43.2. The lowest BCUT2D eigenvalue weighted by atomic mass is 10.0. The SMILES string of the molecule is OCCNC[C@@H]1CC[C@H](c2ccc(C(F)(F)F)cc2)O1. The molecule has 0 radical (unpaired) electrons. The molecule has 0 spiro atoms. The third kappa shape index (κ3) is 3.94. The summed E-state index contributed by atoms with van der Waals surface area (Å²) in [6.45, 7) is 1.25. The van der Waals surface area contributed by atoms with E-state index in [1.165, 1.54) is 12.1 Å². The van der Waals surface area contributed by atoms with Gasteiger partial charge in [0.05, 0.1) is 24.4 Å². The van der Waals surface area contributed by atoms with Crippen LogP contribution in [-0.4, -0.2) is 30.9 Å². The molecule has 0 amide bonds. The van der Waals surface area contributed by atoms with E-state index in [-0.39, 0.29) is 18.8 Å². The van der Waals surface area contributed by atoms with Crippen LogP contribution in [0.1, 0.15) is 30.1 Å². The van der Waals surface area contributed by atoms with E-state index in [0.29, 0.717) is 13.1 Å². The monoisotopic (exact) mass is 289 g/mol. The molecule has 0 bridgehead atoms. The van der Waals surface area contributed by atoms with E-state index in [2.05, 4.69) is 5.32 Å². The number of benzene rings is 1. The Hall–Kier alpha value is -1.11. The van der Waals surface area contributed by atoms with Crippen LogP contribution in [0.3, 0.4) is 0 Å². The standard InChI is InChI=1S/C14H18F3NO2/c15-14(16,17)11-3-1-10(2-4-11)13-6-5-12(20-13)9-18-7-8-19/h1-4,12-13,18-19H,5-9H2/t12-,13+/m0/s1. The minimum Gasteiger partial charge on any atom is -0.395 e. The molecule has 0 aromatic heterocycles. The van der Waals surface area contributed by atoms with Crippen molar-refractivity contribution < 1.29 is 23.0 Å². The summed E-state index contributed by atoms with van der Waals surface area (Å²) in [6.07, 6.45) is -2.72. The Morgan fingerprint density at radius 2 is 1.90 bits per heavy atom. The Morgan fingerprint density at radius 3 is 2.50 bits per heavy atom. The molecule has 6 heteroatoms. The van der Waals surface area contributed by atoms with Crippen LogP contribution in [0.25, 0.3) is 0 Å². The largest absolute Gasteiger partial charge is 0.416 e. The number of rotatable bonds is 5. The number of aliphatic hydroxyl groups excluding tert-OH is 1. The van der Waals surface area contributed by atoms with Gasteiger partial charge in [0.25, 0.3) is 0 Å². The number of hydrogen-bond acceptors (Lipinski definition) is 3. The maximum atomic E-state index is 12.5. The summed E-state index contributed by atoms with van der Waals surface area (Å²) in [5.74, 6) is 0. The highest BCUT2D eigenvalue weighted by molar-refractivity contribution is 5.26. The van der Waals surface area contributed by atoms with Gasteiger partial charge in [0.1, 0.15) is 0 Å². The lowest BCUT2D eigenvalue weighted by molar-refractivity contribution is -0.137. The van der Waals surface area contributed by atoms with Crippen molar-refractivity contribution in [3.63, 3.8) is 0 Å². The summed E-state index contributed by atoms with van der Waals surface area (Å²) in [7, 11) is 0. The van der Waals surface area contributed by atoms with Gasteiger partial charge in [0.2, 0.25) is 0 Å². The molecule has 1 aromatic rings. The van der Waals surface area contributed by atoms with Crippen LogP contribution in [0.2, 0.25) is 0 Å². The molecule has 112 valence electrons. The zero-order chi connectivity index (χ0) is 14.6. The molecule has 1 aliphatic rings. The molecule has 1 fully saturated rings. The summed E-state index contributed by atoms with van der Waals surface area (Å²) in [5.41, 5.74) is 0.142. The first-order valence-electron chi connectivity index (χ1n) is 6.65. The number of ether oxygens (including phenoxy) is 1. The summed E-state index contributed by atoms with van der Waals surface area (Å²) >= 11 is 0. The van der Waals surface area contributed by atoms with Crippen LogP contribution in [0, 0.1) is 0 Å². The lowest BCUT2D eigenvalue weighted by Gasteiger charge is -2.15. The van der Waals surface area contributed by atoms with E-state index in [1.54, 1.807) is 0 Å². The summed E-state index contributed by atoms with van der Waals surface area (Å²) in [6, 6.07) is 5.15. The lowest BCUT2D eigenvalue weighted by Crippen LogP contribution is -2.28. The van der Waals surface area contributed by atoms with E-state index in [9.17, 15) is 13.2 Å². The highest BCUT2D eigenvalue weighted by atomic mass is 19.4. The first-order chi connectivity index (χ1) is 9.50. The van der Waals surface area contributed by atoms with Gasteiger partial charge < -0.3 is 15.2 Å². The van der Waals surface area contributed by atoms with Gasteiger partial charge in [-0.05, 0) is 30.5 Å². The maximum absolute atomic E-state index is 12.5. The van der Waals surface area contributed by atoms with Gasteiger partial charge in [-0.2, -0.15) is 13.2 Å². The number of aliphatic hydroxyl groups is 1. The average Bonchev–Trinajstić information content (AvgIpc) is 2.87. The zero-order valence-corrected chi connectivity index (χ0v) is 11.0. The molecular formula is C14H18F3NO2. The smallest absolute Gasteiger partial charge is 0.395 e. The van der Waals surface area contributed by atoms with Gasteiger partial charge in [-0.3, -0.25) is 0 Å². The van der Waals surface area contributed by atoms with Crippen molar-refractivity contribution in [3.8, 4) is 0 Å². The van der Waals surface area contributed by atoms with Crippen LogP contribution in [0.15, 0.2) is 24.3 Å². The van der Waals surface area contributed by atoms with E-state index >= 15 is 0 Å². The fourth-order valence-electron chi connectivity index (χ4n) is 2.33. The molecule has 1 aromatic carbocycles. The van der Waals surface area contributed by atoms with Gasteiger partial charge in [-0.1, -0.05) is 12.1 Å². The van der Waals surface area contributed by atoms with Crippen molar-refractivity contribution in [1.29, 1.82) is 0 Å². The molecule has 1 heterocycles. The number of alkyl halides is 3. The van der Waals surface area contributed by atoms with Crippen molar-refractivity contribution in [2.24, 2.45) is 0 Å². The second kappa shape index (κ2) is 6.56. The Labute approximate surface area is 115 Å². The fraction of sp³-hybridized carbons (Fsp3) is 0.571. The predicted octanol–water partition coefficient (Wildman–Crippen LogP) is 2.51. The zero-order valence-electron chi connectivity index (χ0n) is 11.0. The van der Waals surface area contributed by atoms with Crippen LogP contribution in [-0.2, 0) is 10.9 Å². The molecule has 3 nitrogen and oxygen atoms in total. The molecule has 2 N–H and O–H groups in total. The summed E-state index contributed by atoms with van der Waals surface area (Å²) in [4.78, 5) is 0. The van der Waals surface area contributed by atoms with E-state index in [4.69, 9.17) is 9.84 Å². The van der Waals surface area contributed by atoms with Crippen molar-refractivity contribution in [1.82, 2.24) is 5.32 Å². The molecule has 1 aliphatic heterocycles. The third-order valence-electron chi connectivity index (χ3n) is 3.38. The highest BCUT2D eigenvalue weighted by Gasteiger charge is 2.31. The minimum absolute atomic E-state index is 0.0499. The van der Waals surface area contributed by atoms with Crippen molar-refractivity contribution in [2.45, 2.75) is 31.2 Å². The van der Waals surface area contributed by atoms with Gasteiger partial charge in [0.15, 0.2) is 0 Å². The van der Waals surface area contributed by atoms with Gasteiger partial charge in [0, 0.05) is 13.1 Å². The number of hydrogen-bond donors (Lipinski definition) is 2. The van der Waals surface area contributed by atoms with Gasteiger partial charge >= 0.3 is 6.18 Å². The molecular weight excluding hydrogens is 271 g/mol. The predicted molar refractivity (Wildman–Crippen MR) is 68.2 cm³/mol. The Balaban J connectivity index is 1.90. The van der Waals surface area contributed by atoms with Crippen LogP contribution < -0.4 is 5.32 Å². The molecule has 20 heavy (non-hydrogen) atoms.